The summed E-state index contributed by atoms with van der Waals surface area (Å²) in [5.74, 6) is -0.106. The standard InChI is InChI=1S/C21H26N2O4S/c1-5-12-23-19-11-10-17(13-18(19)21(3,4)27-20(23)24)22-28(25,26)14-16-8-6-15(2)7-9-16/h6-11,13,22H,5,12,14H2,1-4H3. The first-order chi connectivity index (χ1) is 13.1. The minimum atomic E-state index is -3.57. The Balaban J connectivity index is 1.88. The molecule has 1 N–H and O–H groups in total. The van der Waals surface area contributed by atoms with Crippen molar-refractivity contribution in [3.63, 3.8) is 0 Å². The molecule has 0 spiro atoms. The van der Waals surface area contributed by atoms with E-state index in [0.29, 0.717) is 12.2 Å². The Kier molecular flexibility index (Phi) is 5.39. The molecule has 2 aromatic carbocycles. The van der Waals surface area contributed by atoms with Crippen molar-refractivity contribution in [2.24, 2.45) is 0 Å². The van der Waals surface area contributed by atoms with Gasteiger partial charge in [-0.25, -0.2) is 13.2 Å². The lowest BCUT2D eigenvalue weighted by Gasteiger charge is -2.38. The molecule has 7 heteroatoms. The van der Waals surface area contributed by atoms with Crippen LogP contribution in [0.15, 0.2) is 42.5 Å². The van der Waals surface area contributed by atoms with Crippen LogP contribution < -0.4 is 9.62 Å². The molecular formula is C21H26N2O4S. The van der Waals surface area contributed by atoms with Gasteiger partial charge in [-0.05, 0) is 51.0 Å². The minimum absolute atomic E-state index is 0.106. The van der Waals surface area contributed by atoms with Gasteiger partial charge in [0.2, 0.25) is 10.0 Å². The first-order valence-corrected chi connectivity index (χ1v) is 11.0. The highest BCUT2D eigenvalue weighted by molar-refractivity contribution is 7.91. The van der Waals surface area contributed by atoms with Gasteiger partial charge in [-0.2, -0.15) is 0 Å². The summed E-state index contributed by atoms with van der Waals surface area (Å²) in [6, 6.07) is 12.6. The van der Waals surface area contributed by atoms with Crippen LogP contribution in [0, 0.1) is 6.92 Å². The summed E-state index contributed by atoms with van der Waals surface area (Å²) >= 11 is 0. The van der Waals surface area contributed by atoms with E-state index in [4.69, 9.17) is 4.74 Å². The molecule has 3 rings (SSSR count). The molecule has 0 aromatic heterocycles. The lowest BCUT2D eigenvalue weighted by molar-refractivity contribution is 0.0351. The van der Waals surface area contributed by atoms with E-state index in [1.165, 1.54) is 0 Å². The molecule has 2 aromatic rings. The van der Waals surface area contributed by atoms with Crippen molar-refractivity contribution in [1.29, 1.82) is 0 Å². The van der Waals surface area contributed by atoms with Crippen LogP contribution in [-0.2, 0) is 26.1 Å². The number of carbonyl (C=O) groups is 1. The summed E-state index contributed by atoms with van der Waals surface area (Å²) in [6.45, 7) is 8.09. The number of carbonyl (C=O) groups excluding carboxylic acids is 1. The van der Waals surface area contributed by atoms with E-state index in [1.807, 2.05) is 38.1 Å². The smallest absolute Gasteiger partial charge is 0.415 e. The average molecular weight is 403 g/mol. The van der Waals surface area contributed by atoms with Gasteiger partial charge in [0.15, 0.2) is 0 Å². The Bertz CT molecular complexity index is 982. The third kappa shape index (κ3) is 4.30. The molecule has 0 saturated heterocycles. The van der Waals surface area contributed by atoms with Gasteiger partial charge in [0, 0.05) is 17.8 Å². The SMILES string of the molecule is CCCN1C(=O)OC(C)(C)c2cc(NS(=O)(=O)Cc3ccc(C)cc3)ccc21. The van der Waals surface area contributed by atoms with E-state index in [2.05, 4.69) is 4.72 Å². The zero-order chi connectivity index (χ0) is 20.5. The van der Waals surface area contributed by atoms with E-state index >= 15 is 0 Å². The maximum atomic E-state index is 12.6. The number of ether oxygens (including phenoxy) is 1. The third-order valence-corrected chi connectivity index (χ3v) is 5.96. The Morgan fingerprint density at radius 1 is 1.11 bits per heavy atom. The van der Waals surface area contributed by atoms with Gasteiger partial charge in [-0.1, -0.05) is 36.8 Å². The topological polar surface area (TPSA) is 75.7 Å². The second-order valence-electron chi connectivity index (χ2n) is 7.61. The highest BCUT2D eigenvalue weighted by atomic mass is 32.2. The van der Waals surface area contributed by atoms with Crippen molar-refractivity contribution in [1.82, 2.24) is 0 Å². The predicted molar refractivity (Wildman–Crippen MR) is 111 cm³/mol. The number of fused-ring (bicyclic) bond motifs is 1. The van der Waals surface area contributed by atoms with Crippen LogP contribution in [0.5, 0.6) is 0 Å². The fraction of sp³-hybridized carbons (Fsp3) is 0.381. The zero-order valence-corrected chi connectivity index (χ0v) is 17.5. The van der Waals surface area contributed by atoms with Crippen molar-refractivity contribution in [3.8, 4) is 0 Å². The average Bonchev–Trinajstić information content (AvgIpc) is 2.60. The van der Waals surface area contributed by atoms with Crippen LogP contribution in [0.1, 0.15) is 43.9 Å². The van der Waals surface area contributed by atoms with Crippen LogP contribution in [-0.4, -0.2) is 21.1 Å². The van der Waals surface area contributed by atoms with Crippen molar-refractivity contribution in [3.05, 3.63) is 59.2 Å². The lowest BCUT2D eigenvalue weighted by Crippen LogP contribution is -2.43. The number of hydrogen-bond acceptors (Lipinski definition) is 4. The maximum absolute atomic E-state index is 12.6. The molecule has 150 valence electrons. The molecule has 1 amide bonds. The van der Waals surface area contributed by atoms with Gasteiger partial charge in [0.1, 0.15) is 5.60 Å². The van der Waals surface area contributed by atoms with E-state index in [1.54, 1.807) is 36.9 Å². The second kappa shape index (κ2) is 7.47. The molecule has 0 radical (unpaired) electrons. The van der Waals surface area contributed by atoms with Crippen molar-refractivity contribution in [2.75, 3.05) is 16.2 Å². The first kappa shape index (κ1) is 20.2. The Hall–Kier alpha value is -2.54. The van der Waals surface area contributed by atoms with Crippen LogP contribution in [0.2, 0.25) is 0 Å². The molecule has 1 aliphatic rings. The number of cyclic esters (lactones) is 1. The molecule has 0 aliphatic carbocycles. The molecule has 0 fully saturated rings. The lowest BCUT2D eigenvalue weighted by atomic mass is 9.93. The number of sulfonamides is 1. The number of nitrogens with zero attached hydrogens (tertiary/aromatic N) is 1. The zero-order valence-electron chi connectivity index (χ0n) is 16.7. The number of nitrogens with one attached hydrogen (secondary N) is 1. The quantitative estimate of drug-likeness (QED) is 0.770. The van der Waals surface area contributed by atoms with E-state index < -0.39 is 15.6 Å². The molecule has 0 bridgehead atoms. The number of amides is 1. The molecule has 0 atom stereocenters. The highest BCUT2D eigenvalue weighted by Crippen LogP contribution is 2.40. The summed E-state index contributed by atoms with van der Waals surface area (Å²) in [7, 11) is -3.57. The van der Waals surface area contributed by atoms with E-state index in [0.717, 1.165) is 28.8 Å². The third-order valence-electron chi connectivity index (χ3n) is 4.70. The van der Waals surface area contributed by atoms with Crippen molar-refractivity contribution in [2.45, 2.75) is 45.5 Å². The van der Waals surface area contributed by atoms with Gasteiger partial charge in [0.25, 0.3) is 0 Å². The number of hydrogen-bond donors (Lipinski definition) is 1. The monoisotopic (exact) mass is 402 g/mol. The van der Waals surface area contributed by atoms with Crippen LogP contribution >= 0.6 is 0 Å². The van der Waals surface area contributed by atoms with Gasteiger partial charge in [0.05, 0.1) is 11.4 Å². The number of anilines is 2. The first-order valence-electron chi connectivity index (χ1n) is 9.32. The van der Waals surface area contributed by atoms with Crippen LogP contribution in [0.25, 0.3) is 0 Å². The van der Waals surface area contributed by atoms with Crippen LogP contribution in [0.4, 0.5) is 16.2 Å². The minimum Gasteiger partial charge on any atom is -0.438 e. The van der Waals surface area contributed by atoms with Gasteiger partial charge in [-0.15, -0.1) is 0 Å². The van der Waals surface area contributed by atoms with Crippen LogP contribution in [0.3, 0.4) is 0 Å². The summed E-state index contributed by atoms with van der Waals surface area (Å²) in [5.41, 5.74) is 2.94. The second-order valence-corrected chi connectivity index (χ2v) is 9.33. The normalized spacial score (nSPS) is 15.7. The largest absolute Gasteiger partial charge is 0.438 e. The number of aryl methyl sites for hydroxylation is 1. The van der Waals surface area contributed by atoms with E-state index in [9.17, 15) is 13.2 Å². The molecule has 1 aliphatic heterocycles. The Morgan fingerprint density at radius 3 is 2.43 bits per heavy atom. The highest BCUT2D eigenvalue weighted by Gasteiger charge is 2.38. The molecule has 6 nitrogen and oxygen atoms in total. The molecule has 1 heterocycles. The maximum Gasteiger partial charge on any atom is 0.415 e. The summed E-state index contributed by atoms with van der Waals surface area (Å²) in [4.78, 5) is 13.9. The summed E-state index contributed by atoms with van der Waals surface area (Å²) < 4.78 is 33.4. The van der Waals surface area contributed by atoms with Crippen molar-refractivity contribution < 1.29 is 17.9 Å². The van der Waals surface area contributed by atoms with Gasteiger partial charge < -0.3 is 4.74 Å². The molecular weight excluding hydrogens is 376 g/mol. The fourth-order valence-corrected chi connectivity index (χ4v) is 4.49. The molecule has 0 unspecified atom stereocenters. The Labute approximate surface area is 166 Å². The fourth-order valence-electron chi connectivity index (χ4n) is 3.30. The number of benzene rings is 2. The van der Waals surface area contributed by atoms with Gasteiger partial charge >= 0.3 is 6.09 Å². The predicted octanol–water partition coefficient (Wildman–Crippen LogP) is 4.54. The van der Waals surface area contributed by atoms with Gasteiger partial charge in [-0.3, -0.25) is 9.62 Å². The van der Waals surface area contributed by atoms with E-state index in [-0.39, 0.29) is 11.8 Å². The molecule has 28 heavy (non-hydrogen) atoms. The molecule has 0 saturated carbocycles. The number of rotatable bonds is 6. The van der Waals surface area contributed by atoms with Crippen molar-refractivity contribution >= 4 is 27.5 Å². The Morgan fingerprint density at radius 2 is 1.79 bits per heavy atom. The summed E-state index contributed by atoms with van der Waals surface area (Å²) in [5, 5.41) is 0. The summed E-state index contributed by atoms with van der Waals surface area (Å²) in [6.07, 6.45) is 0.409.